The predicted molar refractivity (Wildman–Crippen MR) is 113 cm³/mol. The summed E-state index contributed by atoms with van der Waals surface area (Å²) in [5, 5.41) is 20.8. The Labute approximate surface area is 172 Å². The second-order valence-corrected chi connectivity index (χ2v) is 8.55. The monoisotopic (exact) mass is 397 g/mol. The molecule has 1 amide bonds. The molecule has 1 heterocycles. The lowest BCUT2D eigenvalue weighted by Gasteiger charge is -2.24. The van der Waals surface area contributed by atoms with Crippen molar-refractivity contribution in [3.05, 3.63) is 64.7 Å². The molecule has 0 radical (unpaired) electrons. The van der Waals surface area contributed by atoms with Gasteiger partial charge in [-0.1, -0.05) is 50.2 Å². The van der Waals surface area contributed by atoms with Gasteiger partial charge in [0.15, 0.2) is 0 Å². The standard InChI is InChI=1S/C24H31NO4/c1-16(2)19-7-4-17(5-8-19)12-24(3)13-20-10-18(6-9-22(20)29-24)11-23(28)25-21(14-26)15-27/h4-10,16,21,26-27H,11-15H2,1-3H3,(H,25,28). The first-order valence-corrected chi connectivity index (χ1v) is 10.2. The van der Waals surface area contributed by atoms with Crippen LogP contribution in [-0.4, -0.2) is 41.0 Å². The highest BCUT2D eigenvalue weighted by Crippen LogP contribution is 2.37. The maximum absolute atomic E-state index is 12.1. The Balaban J connectivity index is 1.64. The van der Waals surface area contributed by atoms with Gasteiger partial charge in [0.2, 0.25) is 5.91 Å². The summed E-state index contributed by atoms with van der Waals surface area (Å²) in [6.45, 7) is 5.95. The molecule has 1 atom stereocenters. The lowest BCUT2D eigenvalue weighted by atomic mass is 9.90. The van der Waals surface area contributed by atoms with E-state index in [-0.39, 0.29) is 31.1 Å². The summed E-state index contributed by atoms with van der Waals surface area (Å²) in [6.07, 6.45) is 1.82. The first kappa shape index (κ1) is 21.3. The molecule has 3 rings (SSSR count). The van der Waals surface area contributed by atoms with Crippen LogP contribution in [0.4, 0.5) is 0 Å². The van der Waals surface area contributed by atoms with Crippen LogP contribution in [0, 0.1) is 0 Å². The minimum Gasteiger partial charge on any atom is -0.487 e. The highest BCUT2D eigenvalue weighted by molar-refractivity contribution is 5.79. The van der Waals surface area contributed by atoms with E-state index in [1.807, 2.05) is 18.2 Å². The second-order valence-electron chi connectivity index (χ2n) is 8.55. The fourth-order valence-corrected chi connectivity index (χ4v) is 3.85. The number of benzene rings is 2. The van der Waals surface area contributed by atoms with Crippen LogP contribution in [0.3, 0.4) is 0 Å². The van der Waals surface area contributed by atoms with E-state index in [0.29, 0.717) is 5.92 Å². The van der Waals surface area contributed by atoms with Gasteiger partial charge in [-0.2, -0.15) is 0 Å². The van der Waals surface area contributed by atoms with Crippen molar-refractivity contribution in [3.8, 4) is 5.75 Å². The first-order chi connectivity index (χ1) is 13.8. The normalized spacial score (nSPS) is 18.0. The van der Waals surface area contributed by atoms with Crippen LogP contribution in [0.1, 0.15) is 48.9 Å². The number of carbonyl (C=O) groups is 1. The van der Waals surface area contributed by atoms with Crippen LogP contribution in [-0.2, 0) is 24.1 Å². The van der Waals surface area contributed by atoms with Crippen molar-refractivity contribution in [2.45, 2.75) is 57.6 Å². The molecule has 0 aliphatic carbocycles. The summed E-state index contributed by atoms with van der Waals surface area (Å²) in [7, 11) is 0. The van der Waals surface area contributed by atoms with E-state index >= 15 is 0 Å². The molecule has 5 nitrogen and oxygen atoms in total. The zero-order valence-corrected chi connectivity index (χ0v) is 17.4. The molecule has 0 saturated heterocycles. The molecule has 156 valence electrons. The Morgan fingerprint density at radius 3 is 2.38 bits per heavy atom. The number of amides is 1. The molecular formula is C24H31NO4. The first-order valence-electron chi connectivity index (χ1n) is 10.2. The van der Waals surface area contributed by atoms with Gasteiger partial charge in [0.1, 0.15) is 11.4 Å². The smallest absolute Gasteiger partial charge is 0.224 e. The molecule has 0 saturated carbocycles. The quantitative estimate of drug-likeness (QED) is 0.640. The fraction of sp³-hybridized carbons (Fsp3) is 0.458. The summed E-state index contributed by atoms with van der Waals surface area (Å²) >= 11 is 0. The Hall–Kier alpha value is -2.37. The number of rotatable bonds is 8. The van der Waals surface area contributed by atoms with Crippen molar-refractivity contribution in [2.24, 2.45) is 0 Å². The van der Waals surface area contributed by atoms with Gasteiger partial charge in [0, 0.05) is 12.8 Å². The molecule has 1 aliphatic rings. The van der Waals surface area contributed by atoms with Gasteiger partial charge in [0.25, 0.3) is 0 Å². The van der Waals surface area contributed by atoms with E-state index in [0.717, 1.165) is 29.7 Å². The fourth-order valence-electron chi connectivity index (χ4n) is 3.85. The summed E-state index contributed by atoms with van der Waals surface area (Å²) in [6, 6.07) is 14.0. The van der Waals surface area contributed by atoms with Crippen LogP contribution < -0.4 is 10.1 Å². The van der Waals surface area contributed by atoms with Crippen LogP contribution in [0.15, 0.2) is 42.5 Å². The van der Waals surface area contributed by atoms with Crippen molar-refractivity contribution < 1.29 is 19.7 Å². The minimum absolute atomic E-state index is 0.206. The molecule has 1 unspecified atom stereocenters. The van der Waals surface area contributed by atoms with Crippen molar-refractivity contribution >= 4 is 5.91 Å². The zero-order valence-electron chi connectivity index (χ0n) is 17.4. The third kappa shape index (κ3) is 5.37. The van der Waals surface area contributed by atoms with Gasteiger partial charge in [0.05, 0.1) is 25.7 Å². The largest absolute Gasteiger partial charge is 0.487 e. The highest BCUT2D eigenvalue weighted by atomic mass is 16.5. The van der Waals surface area contributed by atoms with E-state index < -0.39 is 6.04 Å². The summed E-state index contributed by atoms with van der Waals surface area (Å²) in [4.78, 5) is 12.1. The number of carbonyl (C=O) groups excluding carboxylic acids is 1. The van der Waals surface area contributed by atoms with E-state index in [1.165, 1.54) is 11.1 Å². The molecule has 1 aliphatic heterocycles. The van der Waals surface area contributed by atoms with E-state index in [4.69, 9.17) is 14.9 Å². The number of ether oxygens (including phenoxy) is 1. The molecule has 3 N–H and O–H groups in total. The van der Waals surface area contributed by atoms with Gasteiger partial charge in [-0.15, -0.1) is 0 Å². The highest BCUT2D eigenvalue weighted by Gasteiger charge is 2.35. The lowest BCUT2D eigenvalue weighted by molar-refractivity contribution is -0.121. The summed E-state index contributed by atoms with van der Waals surface area (Å²) < 4.78 is 6.27. The maximum Gasteiger partial charge on any atom is 0.224 e. The summed E-state index contributed by atoms with van der Waals surface area (Å²) in [5.41, 5.74) is 4.29. The number of aliphatic hydroxyl groups is 2. The van der Waals surface area contributed by atoms with Crippen LogP contribution in [0.2, 0.25) is 0 Å². The Morgan fingerprint density at radius 1 is 1.10 bits per heavy atom. The molecule has 0 bridgehead atoms. The lowest BCUT2D eigenvalue weighted by Crippen LogP contribution is -2.40. The molecule has 0 aromatic heterocycles. The summed E-state index contributed by atoms with van der Waals surface area (Å²) in [5.74, 6) is 1.18. The maximum atomic E-state index is 12.1. The molecule has 5 heteroatoms. The average molecular weight is 398 g/mol. The SMILES string of the molecule is CC(C)c1ccc(CC2(C)Cc3cc(CC(=O)NC(CO)CO)ccc3O2)cc1. The molecule has 29 heavy (non-hydrogen) atoms. The topological polar surface area (TPSA) is 78.8 Å². The van der Waals surface area contributed by atoms with Gasteiger partial charge >= 0.3 is 0 Å². The minimum atomic E-state index is -0.620. The number of fused-ring (bicyclic) bond motifs is 1. The van der Waals surface area contributed by atoms with Crippen molar-refractivity contribution in [1.29, 1.82) is 0 Å². The third-order valence-corrected chi connectivity index (χ3v) is 5.44. The molecule has 0 spiro atoms. The van der Waals surface area contributed by atoms with Gasteiger partial charge in [-0.25, -0.2) is 0 Å². The van der Waals surface area contributed by atoms with Gasteiger partial charge in [-0.05, 0) is 41.2 Å². The van der Waals surface area contributed by atoms with E-state index in [2.05, 4.69) is 50.4 Å². The van der Waals surface area contributed by atoms with Crippen molar-refractivity contribution in [1.82, 2.24) is 5.32 Å². The zero-order chi connectivity index (χ0) is 21.0. The Morgan fingerprint density at radius 2 is 1.76 bits per heavy atom. The predicted octanol–water partition coefficient (Wildman–Crippen LogP) is 2.76. The van der Waals surface area contributed by atoms with E-state index in [9.17, 15) is 4.79 Å². The second kappa shape index (κ2) is 8.97. The van der Waals surface area contributed by atoms with Gasteiger partial charge < -0.3 is 20.3 Å². The average Bonchev–Trinajstić information content (AvgIpc) is 3.01. The molecular weight excluding hydrogens is 366 g/mol. The van der Waals surface area contributed by atoms with Crippen LogP contribution in [0.5, 0.6) is 5.75 Å². The third-order valence-electron chi connectivity index (χ3n) is 5.44. The molecule has 2 aromatic carbocycles. The van der Waals surface area contributed by atoms with Crippen LogP contribution in [0.25, 0.3) is 0 Å². The van der Waals surface area contributed by atoms with Crippen molar-refractivity contribution in [2.75, 3.05) is 13.2 Å². The number of hydrogen-bond acceptors (Lipinski definition) is 4. The van der Waals surface area contributed by atoms with Crippen molar-refractivity contribution in [3.63, 3.8) is 0 Å². The Kier molecular flexibility index (Phi) is 6.60. The molecule has 2 aromatic rings. The van der Waals surface area contributed by atoms with Crippen LogP contribution >= 0.6 is 0 Å². The van der Waals surface area contributed by atoms with Gasteiger partial charge in [-0.3, -0.25) is 4.79 Å². The Bertz CT molecular complexity index is 842. The number of hydrogen-bond donors (Lipinski definition) is 3. The van der Waals surface area contributed by atoms with E-state index in [1.54, 1.807) is 0 Å². The number of aliphatic hydroxyl groups excluding tert-OH is 2. The molecule has 0 fully saturated rings. The number of nitrogens with one attached hydrogen (secondary N) is 1.